The zero-order valence-electron chi connectivity index (χ0n) is 8.89. The van der Waals surface area contributed by atoms with Gasteiger partial charge in [-0.05, 0) is 12.5 Å². The second-order valence-corrected chi connectivity index (χ2v) is 4.01. The Bertz CT molecular complexity index is 302. The van der Waals surface area contributed by atoms with E-state index in [1.165, 1.54) is 5.56 Å². The van der Waals surface area contributed by atoms with E-state index in [0.29, 0.717) is 13.2 Å². The summed E-state index contributed by atoms with van der Waals surface area (Å²) in [6.45, 7) is 3.14. The summed E-state index contributed by atoms with van der Waals surface area (Å²) in [5, 5.41) is 13.0. The number of benzene rings is 1. The fourth-order valence-corrected chi connectivity index (χ4v) is 1.86. The number of nitrogens with one attached hydrogen (secondary N) is 1. The van der Waals surface area contributed by atoms with Crippen molar-refractivity contribution < 1.29 is 9.84 Å². The molecule has 1 saturated heterocycles. The molecule has 0 radical (unpaired) electrons. The van der Waals surface area contributed by atoms with Crippen molar-refractivity contribution >= 4 is 0 Å². The highest BCUT2D eigenvalue weighted by Gasteiger charge is 2.27. The van der Waals surface area contributed by atoms with Crippen LogP contribution in [0, 0.1) is 0 Å². The van der Waals surface area contributed by atoms with Crippen LogP contribution in [-0.4, -0.2) is 30.5 Å². The Labute approximate surface area is 90.1 Å². The zero-order chi connectivity index (χ0) is 10.7. The van der Waals surface area contributed by atoms with E-state index >= 15 is 0 Å². The number of rotatable bonds is 3. The summed E-state index contributed by atoms with van der Waals surface area (Å²) < 4.78 is 5.19. The van der Waals surface area contributed by atoms with E-state index in [9.17, 15) is 5.11 Å². The zero-order valence-corrected chi connectivity index (χ0v) is 8.89. The van der Waals surface area contributed by atoms with Crippen molar-refractivity contribution in [1.29, 1.82) is 0 Å². The molecule has 3 nitrogen and oxygen atoms in total. The molecular formula is C12H17NO2. The van der Waals surface area contributed by atoms with Crippen molar-refractivity contribution in [1.82, 2.24) is 5.32 Å². The third-order valence-corrected chi connectivity index (χ3v) is 2.81. The maximum atomic E-state index is 9.60. The average molecular weight is 207 g/mol. The van der Waals surface area contributed by atoms with Gasteiger partial charge in [0.1, 0.15) is 0 Å². The highest BCUT2D eigenvalue weighted by Crippen LogP contribution is 2.15. The third-order valence-electron chi connectivity index (χ3n) is 2.81. The molecule has 0 aromatic heterocycles. The van der Waals surface area contributed by atoms with E-state index in [0.717, 1.165) is 0 Å². The van der Waals surface area contributed by atoms with Crippen LogP contribution in [0.3, 0.4) is 0 Å². The lowest BCUT2D eigenvalue weighted by atomic mass is 10.1. The Morgan fingerprint density at radius 2 is 2.07 bits per heavy atom. The molecule has 0 bridgehead atoms. The molecule has 1 aromatic carbocycles. The van der Waals surface area contributed by atoms with E-state index in [1.807, 2.05) is 18.2 Å². The summed E-state index contributed by atoms with van der Waals surface area (Å²) in [5.74, 6) is 0. The highest BCUT2D eigenvalue weighted by atomic mass is 16.5. The molecule has 2 N–H and O–H groups in total. The second-order valence-electron chi connectivity index (χ2n) is 4.01. The van der Waals surface area contributed by atoms with Crippen molar-refractivity contribution in [3.63, 3.8) is 0 Å². The lowest BCUT2D eigenvalue weighted by Crippen LogP contribution is -2.40. The first-order valence-corrected chi connectivity index (χ1v) is 5.34. The van der Waals surface area contributed by atoms with Crippen molar-refractivity contribution in [2.24, 2.45) is 0 Å². The Kier molecular flexibility index (Phi) is 3.36. The van der Waals surface area contributed by atoms with Gasteiger partial charge in [-0.3, -0.25) is 0 Å². The van der Waals surface area contributed by atoms with Crippen LogP contribution in [0.15, 0.2) is 30.3 Å². The lowest BCUT2D eigenvalue weighted by molar-refractivity contribution is 0.121. The molecule has 0 aliphatic carbocycles. The van der Waals surface area contributed by atoms with Crippen molar-refractivity contribution in [2.45, 2.75) is 25.1 Å². The van der Waals surface area contributed by atoms with Crippen LogP contribution in [0.25, 0.3) is 0 Å². The molecule has 15 heavy (non-hydrogen) atoms. The number of aliphatic hydroxyl groups is 1. The maximum absolute atomic E-state index is 9.60. The molecular weight excluding hydrogens is 190 g/mol. The van der Waals surface area contributed by atoms with E-state index < -0.39 is 0 Å². The smallest absolute Gasteiger partial charge is 0.0948 e. The first kappa shape index (κ1) is 10.6. The molecule has 0 saturated carbocycles. The molecule has 82 valence electrons. The van der Waals surface area contributed by atoms with Gasteiger partial charge in [0.25, 0.3) is 0 Å². The van der Waals surface area contributed by atoms with Gasteiger partial charge in [-0.2, -0.15) is 0 Å². The topological polar surface area (TPSA) is 41.5 Å². The molecule has 0 spiro atoms. The van der Waals surface area contributed by atoms with Crippen LogP contribution in [-0.2, 0) is 4.74 Å². The fraction of sp³-hybridized carbons (Fsp3) is 0.500. The molecule has 2 rings (SSSR count). The van der Waals surface area contributed by atoms with E-state index in [1.54, 1.807) is 0 Å². The van der Waals surface area contributed by atoms with Gasteiger partial charge in [0, 0.05) is 6.04 Å². The third kappa shape index (κ3) is 2.56. The molecule has 1 fully saturated rings. The summed E-state index contributed by atoms with van der Waals surface area (Å²) in [5.41, 5.74) is 1.23. The predicted molar refractivity (Wildman–Crippen MR) is 58.6 cm³/mol. The maximum Gasteiger partial charge on any atom is 0.0948 e. The van der Waals surface area contributed by atoms with Gasteiger partial charge >= 0.3 is 0 Å². The molecule has 3 atom stereocenters. The van der Waals surface area contributed by atoms with E-state index in [4.69, 9.17) is 4.74 Å². The van der Waals surface area contributed by atoms with Crippen molar-refractivity contribution in [2.75, 3.05) is 13.2 Å². The lowest BCUT2D eigenvalue weighted by Gasteiger charge is -2.20. The quantitative estimate of drug-likeness (QED) is 0.779. The fourth-order valence-electron chi connectivity index (χ4n) is 1.86. The van der Waals surface area contributed by atoms with Crippen LogP contribution in [0.4, 0.5) is 0 Å². The largest absolute Gasteiger partial charge is 0.389 e. The van der Waals surface area contributed by atoms with Gasteiger partial charge in [-0.25, -0.2) is 0 Å². The first-order chi connectivity index (χ1) is 7.27. The number of hydrogen-bond donors (Lipinski definition) is 2. The number of hydrogen-bond acceptors (Lipinski definition) is 3. The monoisotopic (exact) mass is 207 g/mol. The molecule has 3 heteroatoms. The molecule has 0 unspecified atom stereocenters. The summed E-state index contributed by atoms with van der Waals surface area (Å²) in [7, 11) is 0. The van der Waals surface area contributed by atoms with Crippen LogP contribution < -0.4 is 5.32 Å². The minimum Gasteiger partial charge on any atom is -0.389 e. The minimum atomic E-state index is -0.379. The van der Waals surface area contributed by atoms with Crippen molar-refractivity contribution in [3.8, 4) is 0 Å². The van der Waals surface area contributed by atoms with E-state index in [2.05, 4.69) is 24.4 Å². The highest BCUT2D eigenvalue weighted by molar-refractivity contribution is 5.18. The Hall–Kier alpha value is -0.900. The summed E-state index contributed by atoms with van der Waals surface area (Å²) in [4.78, 5) is 0. The van der Waals surface area contributed by atoms with Gasteiger partial charge in [0.2, 0.25) is 0 Å². The molecule has 0 amide bonds. The standard InChI is InChI=1S/C12H17NO2/c1-9(10-5-3-2-4-6-10)13-11-7-15-8-12(11)14/h2-6,9,11-14H,7-8H2,1H3/t9-,11-,12-/m0/s1. The summed E-state index contributed by atoms with van der Waals surface area (Å²) in [6.07, 6.45) is -0.379. The van der Waals surface area contributed by atoms with Crippen molar-refractivity contribution in [3.05, 3.63) is 35.9 Å². The Morgan fingerprint density at radius 3 is 2.67 bits per heavy atom. The normalized spacial score (nSPS) is 27.9. The van der Waals surface area contributed by atoms with Crippen LogP contribution >= 0.6 is 0 Å². The molecule has 1 heterocycles. The minimum absolute atomic E-state index is 0.0557. The number of aliphatic hydroxyl groups excluding tert-OH is 1. The van der Waals surface area contributed by atoms with Gasteiger partial charge in [0.05, 0.1) is 25.4 Å². The SMILES string of the molecule is C[C@H](N[C@H]1COC[C@@H]1O)c1ccccc1. The van der Waals surface area contributed by atoms with Gasteiger partial charge in [-0.15, -0.1) is 0 Å². The van der Waals surface area contributed by atoms with Crippen LogP contribution in [0.2, 0.25) is 0 Å². The van der Waals surface area contributed by atoms with Crippen LogP contribution in [0.5, 0.6) is 0 Å². The first-order valence-electron chi connectivity index (χ1n) is 5.34. The van der Waals surface area contributed by atoms with Gasteiger partial charge < -0.3 is 15.2 Å². The van der Waals surface area contributed by atoms with E-state index in [-0.39, 0.29) is 18.2 Å². The Balaban J connectivity index is 1.95. The van der Waals surface area contributed by atoms with Gasteiger partial charge in [0.15, 0.2) is 0 Å². The average Bonchev–Trinajstić information content (AvgIpc) is 2.66. The number of ether oxygens (including phenoxy) is 1. The van der Waals surface area contributed by atoms with Crippen LogP contribution in [0.1, 0.15) is 18.5 Å². The summed E-state index contributed by atoms with van der Waals surface area (Å²) >= 11 is 0. The Morgan fingerprint density at radius 1 is 1.33 bits per heavy atom. The molecule has 1 aliphatic rings. The second kappa shape index (κ2) is 4.75. The molecule has 1 aromatic rings. The summed E-state index contributed by atoms with van der Waals surface area (Å²) in [6, 6.07) is 10.5. The predicted octanol–water partition coefficient (Wildman–Crippen LogP) is 1.10. The molecule has 1 aliphatic heterocycles. The van der Waals surface area contributed by atoms with Gasteiger partial charge in [-0.1, -0.05) is 30.3 Å².